The molecule has 19 nitrogen and oxygen atoms in total. The van der Waals surface area contributed by atoms with Crippen LogP contribution in [-0.2, 0) is 36.3 Å². The highest BCUT2D eigenvalue weighted by molar-refractivity contribution is 7.66. The van der Waals surface area contributed by atoms with Crippen LogP contribution in [0.5, 0.6) is 0 Å². The molecule has 0 bridgehead atoms. The highest BCUT2D eigenvalue weighted by Gasteiger charge is 2.45. The number of aromatic amines is 1. The lowest BCUT2D eigenvalue weighted by atomic mass is 10.2. The summed E-state index contributed by atoms with van der Waals surface area (Å²) in [6, 6.07) is 0. The Balaban J connectivity index is 2.25. The fourth-order valence-corrected chi connectivity index (χ4v) is 5.83. The monoisotopic (exact) mass is 569 g/mol. The first-order valence-corrected chi connectivity index (χ1v) is 13.5. The van der Waals surface area contributed by atoms with Crippen LogP contribution in [0.1, 0.15) is 25.1 Å². The molecule has 1 aliphatic rings. The first kappa shape index (κ1) is 29.5. The molecule has 0 amide bonds. The Hall–Kier alpha value is -1.75. The average Bonchev–Trinajstić information content (AvgIpc) is 3.01. The molecule has 5 N–H and O–H groups in total. The second kappa shape index (κ2) is 10.7. The van der Waals surface area contributed by atoms with Crippen LogP contribution in [0.3, 0.4) is 0 Å². The van der Waals surface area contributed by atoms with Gasteiger partial charge >= 0.3 is 29.2 Å². The number of aromatic nitrogens is 2. The molecule has 3 unspecified atom stereocenters. The summed E-state index contributed by atoms with van der Waals surface area (Å²) < 4.78 is 71.4. The minimum Gasteiger partial charge on any atom is -0.349 e. The Morgan fingerprint density at radius 1 is 1.29 bits per heavy atom. The van der Waals surface area contributed by atoms with E-state index in [2.05, 4.69) is 23.2 Å². The van der Waals surface area contributed by atoms with Crippen molar-refractivity contribution in [1.82, 2.24) is 9.55 Å². The Morgan fingerprint density at radius 2 is 1.91 bits per heavy atom. The van der Waals surface area contributed by atoms with Crippen molar-refractivity contribution in [1.29, 1.82) is 0 Å². The quantitative estimate of drug-likeness (QED) is 0.0811. The number of ether oxygens (including phenoxy) is 2. The summed E-state index contributed by atoms with van der Waals surface area (Å²) in [6.07, 6.45) is -3.47. The van der Waals surface area contributed by atoms with E-state index in [1.807, 2.05) is 4.98 Å². The van der Waals surface area contributed by atoms with Gasteiger partial charge in [0.1, 0.15) is 12.3 Å². The van der Waals surface area contributed by atoms with Crippen LogP contribution >= 0.6 is 23.5 Å². The van der Waals surface area contributed by atoms with Gasteiger partial charge in [-0.05, 0) is 17.6 Å². The van der Waals surface area contributed by atoms with E-state index < -0.39 is 65.7 Å². The minimum atomic E-state index is -5.80. The van der Waals surface area contributed by atoms with Crippen LogP contribution in [0, 0.1) is 6.92 Å². The van der Waals surface area contributed by atoms with Crippen LogP contribution < -0.4 is 11.2 Å². The summed E-state index contributed by atoms with van der Waals surface area (Å²) in [5.41, 5.74) is 6.92. The van der Waals surface area contributed by atoms with E-state index >= 15 is 0 Å². The summed E-state index contributed by atoms with van der Waals surface area (Å²) in [6.45, 7) is 1.04. The highest BCUT2D eigenvalue weighted by atomic mass is 31.3. The van der Waals surface area contributed by atoms with Crippen molar-refractivity contribution in [3.8, 4) is 0 Å². The molecule has 1 aromatic rings. The van der Waals surface area contributed by atoms with E-state index in [0.717, 1.165) is 17.7 Å². The molecule has 1 saturated heterocycles. The SMILES string of the molecule is Cc1cn([C@H]2C[C@@H](OC(C)(F)N=[N+]=[N-])[C@@H](COP(=O)(O)OP(=O)(O)OP(=O)(O)O)O2)c(=O)[nH]c1=O. The Morgan fingerprint density at radius 3 is 2.49 bits per heavy atom. The molecule has 35 heavy (non-hydrogen) atoms. The molecule has 0 radical (unpaired) electrons. The fourth-order valence-electron chi connectivity index (χ4n) is 2.80. The van der Waals surface area contributed by atoms with Gasteiger partial charge in [0.15, 0.2) is 0 Å². The van der Waals surface area contributed by atoms with Gasteiger partial charge in [0.05, 0.1) is 12.7 Å². The third-order valence-electron chi connectivity index (χ3n) is 4.04. The van der Waals surface area contributed by atoms with Crippen LogP contribution in [0.2, 0.25) is 0 Å². The van der Waals surface area contributed by atoms with Crippen molar-refractivity contribution in [3.63, 3.8) is 0 Å². The predicted octanol–water partition coefficient (Wildman–Crippen LogP) is 0.815. The standard InChI is InChI=1S/C12H19FN5O14P3/c1-6-4-18(11(20)15-10(6)19)9-3-7(30-12(2,13)16-17-14)8(29-9)5-28-34(24,25)32-35(26,27)31-33(21,22)23/h4,7-9H,3,5H2,1-2H3,(H,24,25)(H,26,27)(H,15,19,20)(H2,21,22,23)/t7-,8-,9-,12?/m1/s1. The lowest BCUT2D eigenvalue weighted by Gasteiger charge is -2.24. The summed E-state index contributed by atoms with van der Waals surface area (Å²) in [5.74, 6) is -2.96. The second-order valence-electron chi connectivity index (χ2n) is 6.95. The van der Waals surface area contributed by atoms with Gasteiger partial charge in [0.2, 0.25) is 0 Å². The summed E-state index contributed by atoms with van der Waals surface area (Å²) >= 11 is 0. The molecule has 2 heterocycles. The maximum atomic E-state index is 14.4. The zero-order valence-electron chi connectivity index (χ0n) is 17.6. The van der Waals surface area contributed by atoms with E-state index in [0.29, 0.717) is 0 Å². The molecule has 6 atom stereocenters. The van der Waals surface area contributed by atoms with Gasteiger partial charge in [-0.3, -0.25) is 18.9 Å². The molecule has 1 aliphatic heterocycles. The molecular formula is C12H19FN5O14P3. The number of nitrogens with zero attached hydrogens (tertiary/aromatic N) is 4. The number of hydrogen-bond donors (Lipinski definition) is 5. The third kappa shape index (κ3) is 9.00. The molecule has 2 rings (SSSR count). The number of phosphoric acid groups is 3. The van der Waals surface area contributed by atoms with Gasteiger partial charge in [-0.15, -0.1) is 0 Å². The Bertz CT molecular complexity index is 1250. The highest BCUT2D eigenvalue weighted by Crippen LogP contribution is 2.66. The molecule has 0 aliphatic carbocycles. The van der Waals surface area contributed by atoms with Gasteiger partial charge < -0.3 is 29.0 Å². The molecule has 0 saturated carbocycles. The summed E-state index contributed by atoms with van der Waals surface area (Å²) in [4.78, 5) is 63.9. The summed E-state index contributed by atoms with van der Waals surface area (Å²) in [7, 11) is -17.0. The lowest BCUT2D eigenvalue weighted by Crippen LogP contribution is -2.35. The molecule has 23 heteroatoms. The summed E-state index contributed by atoms with van der Waals surface area (Å²) in [5, 5.41) is 2.78. The van der Waals surface area contributed by atoms with Gasteiger partial charge in [0.25, 0.3) is 11.5 Å². The zero-order valence-corrected chi connectivity index (χ0v) is 20.3. The van der Waals surface area contributed by atoms with Crippen molar-refractivity contribution >= 4 is 23.5 Å². The van der Waals surface area contributed by atoms with Crippen molar-refractivity contribution in [3.05, 3.63) is 43.0 Å². The van der Waals surface area contributed by atoms with Gasteiger partial charge in [-0.2, -0.15) is 8.62 Å². The molecule has 1 fully saturated rings. The average molecular weight is 569 g/mol. The number of nitrogens with one attached hydrogen (secondary N) is 1. The van der Waals surface area contributed by atoms with Crippen LogP contribution in [0.25, 0.3) is 10.4 Å². The first-order chi connectivity index (χ1) is 15.8. The Labute approximate surface area is 193 Å². The Kier molecular flexibility index (Phi) is 9.01. The molecule has 198 valence electrons. The largest absolute Gasteiger partial charge is 0.490 e. The van der Waals surface area contributed by atoms with Crippen LogP contribution in [-0.4, -0.2) is 53.9 Å². The number of aryl methyl sites for hydroxylation is 1. The van der Waals surface area contributed by atoms with Gasteiger partial charge in [-0.1, -0.05) is 0 Å². The number of phosphoric ester groups is 1. The topological polar surface area (TPSA) is 282 Å². The maximum absolute atomic E-state index is 14.4. The number of azide groups is 1. The van der Waals surface area contributed by atoms with Gasteiger partial charge in [-0.25, -0.2) is 22.9 Å². The van der Waals surface area contributed by atoms with E-state index in [4.69, 9.17) is 24.8 Å². The predicted molar refractivity (Wildman–Crippen MR) is 108 cm³/mol. The van der Waals surface area contributed by atoms with Crippen LogP contribution in [0.4, 0.5) is 4.39 Å². The number of halogens is 1. The second-order valence-corrected chi connectivity index (χ2v) is 11.4. The maximum Gasteiger partial charge on any atom is 0.490 e. The van der Waals surface area contributed by atoms with Crippen molar-refractivity contribution in [2.45, 2.75) is 44.7 Å². The number of alkyl halides is 1. The molecule has 1 aromatic heterocycles. The van der Waals surface area contributed by atoms with E-state index in [1.54, 1.807) is 0 Å². The van der Waals surface area contributed by atoms with Crippen molar-refractivity contribution < 1.29 is 60.3 Å². The number of H-pyrrole nitrogens is 1. The first-order valence-electron chi connectivity index (χ1n) is 9.02. The molecule has 0 aromatic carbocycles. The van der Waals surface area contributed by atoms with E-state index in [-0.39, 0.29) is 12.0 Å². The third-order valence-corrected chi connectivity index (χ3v) is 7.85. The molecular weight excluding hydrogens is 550 g/mol. The van der Waals surface area contributed by atoms with Crippen molar-refractivity contribution in [2.75, 3.05) is 6.61 Å². The van der Waals surface area contributed by atoms with E-state index in [1.165, 1.54) is 6.92 Å². The van der Waals surface area contributed by atoms with Crippen molar-refractivity contribution in [2.24, 2.45) is 5.11 Å². The normalized spacial score (nSPS) is 25.7. The van der Waals surface area contributed by atoms with Crippen LogP contribution in [0.15, 0.2) is 20.9 Å². The minimum absolute atomic E-state index is 0.0896. The zero-order chi connectivity index (χ0) is 26.8. The van der Waals surface area contributed by atoms with E-state index in [9.17, 15) is 37.5 Å². The number of hydrogen-bond acceptors (Lipinski definition) is 11. The molecule has 0 spiro atoms. The fraction of sp³-hybridized carbons (Fsp3) is 0.667. The smallest absolute Gasteiger partial charge is 0.349 e. The lowest BCUT2D eigenvalue weighted by molar-refractivity contribution is -0.178. The van der Waals surface area contributed by atoms with Gasteiger partial charge in [0, 0.05) is 30.0 Å². The number of rotatable bonds is 11.